The third-order valence-corrected chi connectivity index (χ3v) is 5.97. The average molecular weight is 643 g/mol. The monoisotopic (exact) mass is 642 g/mol. The zero-order valence-corrected chi connectivity index (χ0v) is 21.6. The summed E-state index contributed by atoms with van der Waals surface area (Å²) in [5.41, 5.74) is -2.58. The highest BCUT2D eigenvalue weighted by molar-refractivity contribution is 9.10. The third kappa shape index (κ3) is 9.24. The van der Waals surface area contributed by atoms with E-state index < -0.39 is 48.3 Å². The lowest BCUT2D eigenvalue weighted by Gasteiger charge is -2.37. The zero-order chi connectivity index (χ0) is 29.8. The van der Waals surface area contributed by atoms with Gasteiger partial charge in [-0.1, -0.05) is 52.3 Å². The molecule has 2 amide bonds. The number of anilines is 2. The lowest BCUT2D eigenvalue weighted by molar-refractivity contribution is -0.122. The maximum absolute atomic E-state index is 13.1. The van der Waals surface area contributed by atoms with Gasteiger partial charge >= 0.3 is 24.8 Å². The molecule has 0 heterocycles. The number of urea groups is 1. The van der Waals surface area contributed by atoms with Gasteiger partial charge in [-0.05, 0) is 53.1 Å². The van der Waals surface area contributed by atoms with E-state index in [0.29, 0.717) is 10.0 Å². The van der Waals surface area contributed by atoms with E-state index >= 15 is 0 Å². The first-order valence-corrected chi connectivity index (χ1v) is 12.0. The van der Waals surface area contributed by atoms with Crippen LogP contribution in [0.3, 0.4) is 0 Å². The van der Waals surface area contributed by atoms with Gasteiger partial charge in [0.15, 0.2) is 0 Å². The first kappa shape index (κ1) is 30.9. The van der Waals surface area contributed by atoms with Gasteiger partial charge in [-0.25, -0.2) is 4.79 Å². The molecule has 3 aromatic rings. The molecule has 0 aliphatic carbocycles. The highest BCUT2D eigenvalue weighted by atomic mass is 79.9. The van der Waals surface area contributed by atoms with E-state index in [1.54, 1.807) is 29.6 Å². The molecule has 40 heavy (non-hydrogen) atoms. The van der Waals surface area contributed by atoms with E-state index in [9.17, 15) is 44.3 Å². The molecule has 0 aromatic heterocycles. The highest BCUT2D eigenvalue weighted by Gasteiger charge is 2.39. The van der Waals surface area contributed by atoms with Gasteiger partial charge in [-0.15, -0.1) is 0 Å². The molecule has 0 radical (unpaired) electrons. The fraction of sp³-hybridized carbons (Fsp3) is 0.240. The molecule has 0 bridgehead atoms. The maximum Gasteiger partial charge on any atom is 0.482 e. The number of benzene rings is 3. The van der Waals surface area contributed by atoms with Crippen molar-refractivity contribution in [3.8, 4) is 0 Å². The molecule has 0 unspecified atom stereocenters. The van der Waals surface area contributed by atoms with Gasteiger partial charge < -0.3 is 10.6 Å². The van der Waals surface area contributed by atoms with Gasteiger partial charge in [0, 0.05) is 22.3 Å². The molecule has 5 nitrogen and oxygen atoms in total. The molecular weight excluding hydrogens is 623 g/mol. The van der Waals surface area contributed by atoms with Gasteiger partial charge in [0.25, 0.3) is 0 Å². The number of amides is 2. The molecule has 0 aliphatic rings. The molecule has 0 fully saturated rings. The summed E-state index contributed by atoms with van der Waals surface area (Å²) in [5, 5.41) is 6.67. The first-order valence-electron chi connectivity index (χ1n) is 11.2. The summed E-state index contributed by atoms with van der Waals surface area (Å²) in [6.07, 6.45) is -14.8. The van der Waals surface area contributed by atoms with Crippen LogP contribution in [-0.4, -0.2) is 31.4 Å². The Morgan fingerprint density at radius 3 is 1.60 bits per heavy atom. The molecule has 0 saturated carbocycles. The van der Waals surface area contributed by atoms with Gasteiger partial charge in [0.05, 0.1) is 5.54 Å². The van der Waals surface area contributed by atoms with Crippen LogP contribution in [0.2, 0.25) is 0 Å². The second kappa shape index (κ2) is 11.9. The van der Waals surface area contributed by atoms with Crippen LogP contribution in [-0.2, 0) is 12.0 Å². The fourth-order valence-electron chi connectivity index (χ4n) is 3.94. The van der Waals surface area contributed by atoms with E-state index in [0.717, 1.165) is 24.3 Å². The third-order valence-electron chi connectivity index (χ3n) is 5.44. The lowest BCUT2D eigenvalue weighted by atomic mass is 9.77. The SMILES string of the molecule is O=C(NCC(F)(F)F)NC(Cc1ccc(Br)cc1)(c1cccc(NC(F)(F)F)c1)c1cccc(NC(F)(F)F)c1. The number of hydrogen-bond acceptors (Lipinski definition) is 3. The largest absolute Gasteiger partial charge is 0.482 e. The summed E-state index contributed by atoms with van der Waals surface area (Å²) in [5.74, 6) is 0. The fourth-order valence-corrected chi connectivity index (χ4v) is 4.20. The molecule has 3 aromatic carbocycles. The van der Waals surface area contributed by atoms with Crippen molar-refractivity contribution < 1.29 is 44.3 Å². The minimum Gasteiger partial charge on any atom is -0.329 e. The number of carbonyl (C=O) groups excluding carboxylic acids is 1. The second-order valence-electron chi connectivity index (χ2n) is 8.54. The Kier molecular flexibility index (Phi) is 9.17. The van der Waals surface area contributed by atoms with Crippen molar-refractivity contribution in [1.29, 1.82) is 0 Å². The van der Waals surface area contributed by atoms with E-state index in [1.165, 1.54) is 34.9 Å². The molecule has 15 heteroatoms. The summed E-state index contributed by atoms with van der Waals surface area (Å²) in [4.78, 5) is 12.8. The summed E-state index contributed by atoms with van der Waals surface area (Å²) < 4.78 is 118. The van der Waals surface area contributed by atoms with E-state index in [4.69, 9.17) is 0 Å². The summed E-state index contributed by atoms with van der Waals surface area (Å²) in [6, 6.07) is 14.1. The number of alkyl halides is 9. The topological polar surface area (TPSA) is 65.2 Å². The standard InChI is InChI=1S/C25H20BrF9N4O/c26-18-9-7-15(8-10-18)13-22(39-21(40)36-14-23(27,28)29,16-3-1-5-19(11-16)37-24(30,31)32)17-4-2-6-20(12-17)38-25(33,34)35/h1-12,37-38H,13-14H2,(H2,36,39,40). The van der Waals surface area contributed by atoms with Crippen molar-refractivity contribution >= 4 is 33.3 Å². The summed E-state index contributed by atoms with van der Waals surface area (Å²) >= 11 is 3.25. The van der Waals surface area contributed by atoms with Gasteiger partial charge in [0.2, 0.25) is 0 Å². The Labute approximate surface area is 230 Å². The van der Waals surface area contributed by atoms with Crippen molar-refractivity contribution in [2.45, 2.75) is 30.7 Å². The molecule has 3 rings (SSSR count). The maximum atomic E-state index is 13.1. The molecule has 0 saturated heterocycles. The van der Waals surface area contributed by atoms with Crippen molar-refractivity contribution in [1.82, 2.24) is 10.6 Å². The minimum absolute atomic E-state index is 0.0593. The van der Waals surface area contributed by atoms with Crippen LogP contribution in [0, 0.1) is 0 Å². The summed E-state index contributed by atoms with van der Waals surface area (Å²) in [7, 11) is 0. The van der Waals surface area contributed by atoms with E-state index in [2.05, 4.69) is 21.2 Å². The average Bonchev–Trinajstić information content (AvgIpc) is 2.81. The molecule has 0 aliphatic heterocycles. The zero-order valence-electron chi connectivity index (χ0n) is 20.0. The predicted molar refractivity (Wildman–Crippen MR) is 133 cm³/mol. The minimum atomic E-state index is -4.86. The Morgan fingerprint density at radius 2 is 1.18 bits per heavy atom. The quantitative estimate of drug-likeness (QED) is 0.151. The van der Waals surface area contributed by atoms with Crippen LogP contribution in [0.4, 0.5) is 55.7 Å². The first-order chi connectivity index (χ1) is 18.4. The summed E-state index contributed by atoms with van der Waals surface area (Å²) in [6.45, 7) is -1.74. The number of nitrogens with one attached hydrogen (secondary N) is 4. The molecular formula is C25H20BrF9N4O. The molecule has 4 N–H and O–H groups in total. The number of hydrogen-bond donors (Lipinski definition) is 4. The lowest BCUT2D eigenvalue weighted by Crippen LogP contribution is -2.53. The second-order valence-corrected chi connectivity index (χ2v) is 9.45. The number of rotatable bonds is 8. The van der Waals surface area contributed by atoms with Crippen LogP contribution < -0.4 is 21.3 Å². The van der Waals surface area contributed by atoms with Crippen molar-refractivity contribution in [3.05, 3.63) is 94.0 Å². The van der Waals surface area contributed by atoms with Crippen LogP contribution in [0.5, 0.6) is 0 Å². The van der Waals surface area contributed by atoms with Gasteiger partial charge in [0.1, 0.15) is 6.54 Å². The highest BCUT2D eigenvalue weighted by Crippen LogP contribution is 2.37. The molecule has 0 spiro atoms. The molecule has 216 valence electrons. The van der Waals surface area contributed by atoms with Gasteiger partial charge in [-0.3, -0.25) is 10.6 Å². The number of carbonyl (C=O) groups is 1. The van der Waals surface area contributed by atoms with Gasteiger partial charge in [-0.2, -0.15) is 39.5 Å². The molecule has 0 atom stereocenters. The van der Waals surface area contributed by atoms with Crippen molar-refractivity contribution in [2.24, 2.45) is 0 Å². The number of halogens is 10. The Bertz CT molecular complexity index is 1250. The van der Waals surface area contributed by atoms with Crippen LogP contribution >= 0.6 is 15.9 Å². The van der Waals surface area contributed by atoms with Crippen LogP contribution in [0.15, 0.2) is 77.3 Å². The Hall–Kier alpha value is -3.62. The van der Waals surface area contributed by atoms with Crippen molar-refractivity contribution in [3.63, 3.8) is 0 Å². The van der Waals surface area contributed by atoms with Crippen LogP contribution in [0.25, 0.3) is 0 Å². The smallest absolute Gasteiger partial charge is 0.329 e. The normalized spacial score (nSPS) is 12.6. The van der Waals surface area contributed by atoms with E-state index in [-0.39, 0.29) is 17.5 Å². The van der Waals surface area contributed by atoms with E-state index in [1.807, 2.05) is 0 Å². The Balaban J connectivity index is 2.24. The van der Waals surface area contributed by atoms with Crippen molar-refractivity contribution in [2.75, 3.05) is 17.2 Å². The predicted octanol–water partition coefficient (Wildman–Crippen LogP) is 7.66. The Morgan fingerprint density at radius 1 is 0.700 bits per heavy atom. The van der Waals surface area contributed by atoms with Crippen LogP contribution in [0.1, 0.15) is 16.7 Å².